The molecule has 174 valence electrons. The van der Waals surface area contributed by atoms with Gasteiger partial charge in [-0.2, -0.15) is 0 Å². The molecule has 2 rings (SSSR count). The minimum atomic E-state index is -0.458. The van der Waals surface area contributed by atoms with Crippen molar-refractivity contribution in [1.82, 2.24) is 9.80 Å². The van der Waals surface area contributed by atoms with Crippen molar-refractivity contribution in [3.05, 3.63) is 0 Å². The zero-order chi connectivity index (χ0) is 22.9. The average Bonchev–Trinajstić information content (AvgIpc) is 2.66. The molecule has 0 aliphatic carbocycles. The summed E-state index contributed by atoms with van der Waals surface area (Å²) in [5.41, 5.74) is -0.913. The van der Waals surface area contributed by atoms with E-state index in [0.717, 1.165) is 25.7 Å². The fraction of sp³-hybridized carbons (Fsp3) is 0.870. The molecule has 2 aliphatic rings. The number of piperidine rings is 2. The molecule has 7 heteroatoms. The number of hydrogen-bond donors (Lipinski definition) is 0. The number of carbonyl (C=O) groups excluding carboxylic acids is 2. The van der Waals surface area contributed by atoms with Crippen LogP contribution in [0.3, 0.4) is 0 Å². The lowest BCUT2D eigenvalue weighted by Gasteiger charge is -2.33. The van der Waals surface area contributed by atoms with Crippen molar-refractivity contribution in [2.24, 2.45) is 10.9 Å². The summed E-state index contributed by atoms with van der Waals surface area (Å²) in [7, 11) is 0. The molecule has 0 N–H and O–H groups in total. The molecule has 0 spiro atoms. The Morgan fingerprint density at radius 3 is 1.50 bits per heavy atom. The third kappa shape index (κ3) is 9.81. The van der Waals surface area contributed by atoms with Crippen LogP contribution in [-0.4, -0.2) is 71.6 Å². The largest absolute Gasteiger partial charge is 0.444 e. The Kier molecular flexibility index (Phi) is 10.1. The van der Waals surface area contributed by atoms with Crippen molar-refractivity contribution in [3.63, 3.8) is 0 Å². The highest BCUT2D eigenvalue weighted by atomic mass is 16.6. The number of amides is 2. The highest BCUT2D eigenvalue weighted by Crippen LogP contribution is 2.21. The molecule has 0 aromatic rings. The number of rotatable bonds is 2. The molecule has 0 saturated carbocycles. The van der Waals surface area contributed by atoms with E-state index in [1.165, 1.54) is 0 Å². The van der Waals surface area contributed by atoms with E-state index >= 15 is 0 Å². The maximum Gasteiger partial charge on any atom is 0.410 e. The van der Waals surface area contributed by atoms with E-state index in [4.69, 9.17) is 14.5 Å². The highest BCUT2D eigenvalue weighted by Gasteiger charge is 2.28. The van der Waals surface area contributed by atoms with Crippen LogP contribution in [0.2, 0.25) is 0 Å². The minimum Gasteiger partial charge on any atom is -0.444 e. The number of ether oxygens (including phenoxy) is 2. The fourth-order valence-corrected chi connectivity index (χ4v) is 3.33. The first-order chi connectivity index (χ1) is 13.9. The van der Waals surface area contributed by atoms with Gasteiger partial charge in [-0.25, -0.2) is 9.59 Å². The van der Waals surface area contributed by atoms with Crippen molar-refractivity contribution in [1.29, 1.82) is 0 Å². The van der Waals surface area contributed by atoms with Crippen LogP contribution in [0, 0.1) is 5.92 Å². The highest BCUT2D eigenvalue weighted by molar-refractivity contribution is 5.69. The Labute approximate surface area is 183 Å². The lowest BCUT2D eigenvalue weighted by molar-refractivity contribution is 0.0191. The normalized spacial score (nSPS) is 19.3. The summed E-state index contributed by atoms with van der Waals surface area (Å²) in [5, 5.41) is 0. The molecule has 0 bridgehead atoms. The van der Waals surface area contributed by atoms with Gasteiger partial charge in [0.2, 0.25) is 0 Å². The van der Waals surface area contributed by atoms with E-state index in [1.807, 2.05) is 55.4 Å². The van der Waals surface area contributed by atoms with Gasteiger partial charge in [-0.15, -0.1) is 0 Å². The number of likely N-dealkylation sites (tertiary alicyclic amines) is 2. The van der Waals surface area contributed by atoms with Gasteiger partial charge in [-0.3, -0.25) is 4.99 Å². The van der Waals surface area contributed by atoms with Crippen molar-refractivity contribution in [2.75, 3.05) is 26.2 Å². The second-order valence-electron chi connectivity index (χ2n) is 9.80. The molecular formula is C23H43N3O4. The third-order valence-corrected chi connectivity index (χ3v) is 4.82. The first-order valence-electron chi connectivity index (χ1n) is 11.4. The van der Waals surface area contributed by atoms with Crippen molar-refractivity contribution < 1.29 is 19.1 Å². The minimum absolute atomic E-state index is 0.225. The molecule has 2 aliphatic heterocycles. The number of hydrogen-bond acceptors (Lipinski definition) is 5. The summed E-state index contributed by atoms with van der Waals surface area (Å²) in [4.78, 5) is 32.6. The Morgan fingerprint density at radius 1 is 0.767 bits per heavy atom. The molecule has 30 heavy (non-hydrogen) atoms. The maximum atomic E-state index is 12.1. The number of aliphatic imine (C=N–C) groups is 1. The molecule has 2 amide bonds. The molecular weight excluding hydrogens is 382 g/mol. The Balaban J connectivity index is 0.00000218. The van der Waals surface area contributed by atoms with Crippen LogP contribution in [0.15, 0.2) is 4.99 Å². The molecule has 0 radical (unpaired) electrons. The van der Waals surface area contributed by atoms with Crippen LogP contribution >= 0.6 is 0 Å². The average molecular weight is 426 g/mol. The Hall–Kier alpha value is -1.79. The fourth-order valence-electron chi connectivity index (χ4n) is 3.33. The number of carbonyl (C=O) groups is 2. The number of nitrogens with zero attached hydrogens (tertiary/aromatic N) is 3. The van der Waals surface area contributed by atoms with Gasteiger partial charge in [-0.1, -0.05) is 13.8 Å². The second-order valence-corrected chi connectivity index (χ2v) is 9.80. The summed E-state index contributed by atoms with van der Waals surface area (Å²) in [5.74, 6) is 0.405. The van der Waals surface area contributed by atoms with Gasteiger partial charge in [-0.05, 0) is 73.1 Å². The molecule has 7 nitrogen and oxygen atoms in total. The topological polar surface area (TPSA) is 71.4 Å². The molecule has 0 atom stereocenters. The van der Waals surface area contributed by atoms with Gasteiger partial charge >= 0.3 is 12.2 Å². The van der Waals surface area contributed by atoms with Crippen molar-refractivity contribution in [2.45, 2.75) is 98.3 Å². The smallest absolute Gasteiger partial charge is 0.410 e. The first-order valence-corrected chi connectivity index (χ1v) is 11.4. The van der Waals surface area contributed by atoms with Crippen LogP contribution in [-0.2, 0) is 9.47 Å². The maximum absolute atomic E-state index is 12.1. The van der Waals surface area contributed by atoms with E-state index in [2.05, 4.69) is 6.21 Å². The summed E-state index contributed by atoms with van der Waals surface area (Å²) in [6.07, 6.45) is 5.18. The Morgan fingerprint density at radius 2 is 1.13 bits per heavy atom. The summed E-state index contributed by atoms with van der Waals surface area (Å²) >= 11 is 0. The molecule has 2 heterocycles. The molecule has 0 aromatic heterocycles. The summed E-state index contributed by atoms with van der Waals surface area (Å²) < 4.78 is 10.9. The summed E-state index contributed by atoms with van der Waals surface area (Å²) in [6, 6.07) is 0.266. The molecule has 2 saturated heterocycles. The second kappa shape index (κ2) is 11.6. The van der Waals surface area contributed by atoms with Gasteiger partial charge in [0.1, 0.15) is 11.2 Å². The van der Waals surface area contributed by atoms with E-state index in [0.29, 0.717) is 32.1 Å². The van der Waals surface area contributed by atoms with Gasteiger partial charge in [0.05, 0.1) is 6.04 Å². The zero-order valence-corrected chi connectivity index (χ0v) is 20.4. The van der Waals surface area contributed by atoms with Crippen LogP contribution < -0.4 is 0 Å². The molecule has 0 aromatic carbocycles. The molecule has 0 unspecified atom stereocenters. The van der Waals surface area contributed by atoms with Crippen LogP contribution in [0.5, 0.6) is 0 Å². The lowest BCUT2D eigenvalue weighted by atomic mass is 9.98. The van der Waals surface area contributed by atoms with E-state index in [-0.39, 0.29) is 18.2 Å². The van der Waals surface area contributed by atoms with E-state index in [1.54, 1.807) is 9.80 Å². The quantitative estimate of drug-likeness (QED) is 0.575. The van der Waals surface area contributed by atoms with Crippen LogP contribution in [0.25, 0.3) is 0 Å². The zero-order valence-electron chi connectivity index (χ0n) is 20.4. The SMILES string of the molecule is CC.CC(C)(C)OC(=O)N1CCC(C=NC2CCN(C(=O)OC(C)(C)C)CC2)CC1. The van der Waals surface area contributed by atoms with Gasteiger partial charge in [0.25, 0.3) is 0 Å². The van der Waals surface area contributed by atoms with Gasteiger partial charge in [0.15, 0.2) is 0 Å². The monoisotopic (exact) mass is 425 g/mol. The molecule has 2 fully saturated rings. The predicted octanol–water partition coefficient (Wildman–Crippen LogP) is 5.13. The Bertz CT molecular complexity index is 512. The van der Waals surface area contributed by atoms with Gasteiger partial charge in [0, 0.05) is 32.4 Å². The summed E-state index contributed by atoms with van der Waals surface area (Å²) in [6.45, 7) is 18.1. The lowest BCUT2D eigenvalue weighted by Crippen LogP contribution is -2.43. The third-order valence-electron chi connectivity index (χ3n) is 4.82. The standard InChI is InChI=1S/C21H37N3O4.C2H6/c1-20(2,3)27-18(25)23-11-7-16(8-12-23)15-22-17-9-13-24(14-10-17)19(26)28-21(4,5)6;1-2/h15-17H,7-14H2,1-6H3;1-2H3. The van der Waals surface area contributed by atoms with Crippen LogP contribution in [0.4, 0.5) is 9.59 Å². The van der Waals surface area contributed by atoms with Gasteiger partial charge < -0.3 is 19.3 Å². The van der Waals surface area contributed by atoms with E-state index in [9.17, 15) is 9.59 Å². The first kappa shape index (κ1) is 26.2. The van der Waals surface area contributed by atoms with Crippen molar-refractivity contribution >= 4 is 18.4 Å². The predicted molar refractivity (Wildman–Crippen MR) is 121 cm³/mol. The van der Waals surface area contributed by atoms with E-state index < -0.39 is 11.2 Å². The van der Waals surface area contributed by atoms with Crippen molar-refractivity contribution in [3.8, 4) is 0 Å². The van der Waals surface area contributed by atoms with Crippen LogP contribution in [0.1, 0.15) is 81.1 Å².